The van der Waals surface area contributed by atoms with Crippen LogP contribution in [0.2, 0.25) is 0 Å². The fraction of sp³-hybridized carbons (Fsp3) is 0.609. The van der Waals surface area contributed by atoms with Crippen LogP contribution < -0.4 is 5.48 Å². The Kier molecular flexibility index (Phi) is 5.13. The molecule has 146 valence electrons. The zero-order chi connectivity index (χ0) is 19.0. The van der Waals surface area contributed by atoms with Crippen LogP contribution in [0.25, 0.3) is 0 Å². The first-order valence-corrected chi connectivity index (χ1v) is 10.3. The van der Waals surface area contributed by atoms with Crippen molar-refractivity contribution < 1.29 is 14.4 Å². The fourth-order valence-corrected chi connectivity index (χ4v) is 5.15. The lowest BCUT2D eigenvalue weighted by Crippen LogP contribution is -2.46. The standard InChI is InChI=1S/C23H31NO3/c1-15-12-13-18(23(2,3)16-8-5-4-6-9-16)20(14-15)26-22(25)21-17-10-7-11-19(17)27-24-21/h4-9,11,15,17-21,24H,10,12-14H2,1-3H3/t15-,17+,18-,19-,20+,21-/m1/s1. The molecular formula is C23H31NO3. The first-order chi connectivity index (χ1) is 13.0. The summed E-state index contributed by atoms with van der Waals surface area (Å²) in [7, 11) is 0. The van der Waals surface area contributed by atoms with E-state index in [0.717, 1.165) is 19.3 Å². The van der Waals surface area contributed by atoms with Crippen molar-refractivity contribution in [3.8, 4) is 0 Å². The number of fused-ring (bicyclic) bond motifs is 1. The molecule has 2 aliphatic carbocycles. The van der Waals surface area contributed by atoms with Gasteiger partial charge in [-0.1, -0.05) is 69.7 Å². The van der Waals surface area contributed by atoms with Crippen LogP contribution in [-0.4, -0.2) is 24.2 Å². The smallest absolute Gasteiger partial charge is 0.326 e. The Morgan fingerprint density at radius 3 is 2.78 bits per heavy atom. The van der Waals surface area contributed by atoms with E-state index < -0.39 is 0 Å². The number of esters is 1. The molecule has 0 spiro atoms. The second kappa shape index (κ2) is 7.40. The van der Waals surface area contributed by atoms with E-state index in [2.05, 4.69) is 62.7 Å². The Hall–Kier alpha value is -1.65. The van der Waals surface area contributed by atoms with E-state index in [1.807, 2.05) is 6.08 Å². The summed E-state index contributed by atoms with van der Waals surface area (Å²) >= 11 is 0. The summed E-state index contributed by atoms with van der Waals surface area (Å²) in [6.07, 6.45) is 8.17. The van der Waals surface area contributed by atoms with Gasteiger partial charge in [0.1, 0.15) is 18.2 Å². The molecular weight excluding hydrogens is 338 g/mol. The molecule has 1 saturated heterocycles. The molecule has 1 aliphatic heterocycles. The summed E-state index contributed by atoms with van der Waals surface area (Å²) in [4.78, 5) is 18.5. The normalized spacial score (nSPS) is 35.8. The van der Waals surface area contributed by atoms with E-state index in [4.69, 9.17) is 9.57 Å². The molecule has 2 fully saturated rings. The van der Waals surface area contributed by atoms with Gasteiger partial charge in [-0.05, 0) is 36.2 Å². The number of hydrogen-bond acceptors (Lipinski definition) is 4. The van der Waals surface area contributed by atoms with E-state index in [-0.39, 0.29) is 35.6 Å². The highest BCUT2D eigenvalue weighted by atomic mass is 16.7. The fourth-order valence-electron chi connectivity index (χ4n) is 5.15. The zero-order valence-corrected chi connectivity index (χ0v) is 16.6. The number of hydrogen-bond donors (Lipinski definition) is 1. The molecule has 1 heterocycles. The lowest BCUT2D eigenvalue weighted by Gasteiger charge is -2.44. The third-order valence-electron chi connectivity index (χ3n) is 6.94. The van der Waals surface area contributed by atoms with Gasteiger partial charge in [-0.3, -0.25) is 9.63 Å². The quantitative estimate of drug-likeness (QED) is 0.639. The van der Waals surface area contributed by atoms with Crippen LogP contribution in [0.4, 0.5) is 0 Å². The van der Waals surface area contributed by atoms with Crippen LogP contribution in [0.1, 0.15) is 52.0 Å². The molecule has 6 atom stereocenters. The molecule has 4 nitrogen and oxygen atoms in total. The Balaban J connectivity index is 1.51. The third kappa shape index (κ3) is 3.57. The molecule has 1 N–H and O–H groups in total. The van der Waals surface area contributed by atoms with Gasteiger partial charge in [0, 0.05) is 11.8 Å². The zero-order valence-electron chi connectivity index (χ0n) is 16.6. The molecule has 1 aromatic rings. The van der Waals surface area contributed by atoms with E-state index in [0.29, 0.717) is 11.8 Å². The van der Waals surface area contributed by atoms with Gasteiger partial charge in [-0.15, -0.1) is 0 Å². The lowest BCUT2D eigenvalue weighted by molar-refractivity contribution is -0.161. The molecule has 0 unspecified atom stereocenters. The number of nitrogens with one attached hydrogen (secondary N) is 1. The Bertz CT molecular complexity index is 699. The largest absolute Gasteiger partial charge is 0.461 e. The highest BCUT2D eigenvalue weighted by Gasteiger charge is 2.46. The molecule has 4 rings (SSSR count). The molecule has 0 radical (unpaired) electrons. The monoisotopic (exact) mass is 369 g/mol. The highest BCUT2D eigenvalue weighted by Crippen LogP contribution is 2.44. The molecule has 0 bridgehead atoms. The number of hydroxylamine groups is 1. The second-order valence-electron chi connectivity index (χ2n) is 9.09. The minimum atomic E-state index is -0.359. The van der Waals surface area contributed by atoms with Crippen LogP contribution >= 0.6 is 0 Å². The molecule has 1 saturated carbocycles. The Morgan fingerprint density at radius 2 is 2.00 bits per heavy atom. The van der Waals surface area contributed by atoms with Crippen molar-refractivity contribution in [3.05, 3.63) is 48.0 Å². The Labute approximate surface area is 162 Å². The van der Waals surface area contributed by atoms with Gasteiger partial charge < -0.3 is 4.74 Å². The average Bonchev–Trinajstić information content (AvgIpc) is 3.25. The van der Waals surface area contributed by atoms with Crippen molar-refractivity contribution in [2.24, 2.45) is 17.8 Å². The first-order valence-electron chi connectivity index (χ1n) is 10.3. The SMILES string of the molecule is C[C@@H]1CC[C@@H](C(C)(C)c2ccccc2)[C@@H](OC(=O)[C@@H]2NO[C@@H]3C=CC[C@@H]32)C1. The van der Waals surface area contributed by atoms with Gasteiger partial charge in [0.15, 0.2) is 0 Å². The summed E-state index contributed by atoms with van der Waals surface area (Å²) in [6.45, 7) is 6.84. The number of benzene rings is 1. The van der Waals surface area contributed by atoms with E-state index in [9.17, 15) is 4.79 Å². The number of rotatable bonds is 4. The van der Waals surface area contributed by atoms with E-state index >= 15 is 0 Å². The average molecular weight is 370 g/mol. The minimum absolute atomic E-state index is 0.00406. The van der Waals surface area contributed by atoms with Gasteiger partial charge in [0.2, 0.25) is 0 Å². The van der Waals surface area contributed by atoms with E-state index in [1.165, 1.54) is 12.0 Å². The van der Waals surface area contributed by atoms with Gasteiger partial charge >= 0.3 is 5.97 Å². The molecule has 0 amide bonds. The van der Waals surface area contributed by atoms with Crippen LogP contribution in [0.3, 0.4) is 0 Å². The van der Waals surface area contributed by atoms with Crippen LogP contribution in [0.5, 0.6) is 0 Å². The van der Waals surface area contributed by atoms with Gasteiger partial charge in [-0.2, -0.15) is 5.48 Å². The maximum Gasteiger partial charge on any atom is 0.326 e. The van der Waals surface area contributed by atoms with Crippen molar-refractivity contribution in [2.75, 3.05) is 0 Å². The highest BCUT2D eigenvalue weighted by molar-refractivity contribution is 5.77. The Morgan fingerprint density at radius 1 is 1.22 bits per heavy atom. The summed E-state index contributed by atoms with van der Waals surface area (Å²) in [5.41, 5.74) is 4.19. The van der Waals surface area contributed by atoms with Crippen molar-refractivity contribution >= 4 is 5.97 Å². The van der Waals surface area contributed by atoms with Crippen molar-refractivity contribution in [1.82, 2.24) is 5.48 Å². The molecule has 27 heavy (non-hydrogen) atoms. The van der Waals surface area contributed by atoms with Crippen LogP contribution in [0.15, 0.2) is 42.5 Å². The van der Waals surface area contributed by atoms with Crippen molar-refractivity contribution in [1.29, 1.82) is 0 Å². The number of carbonyl (C=O) groups is 1. The maximum absolute atomic E-state index is 13.0. The van der Waals surface area contributed by atoms with Crippen molar-refractivity contribution in [3.63, 3.8) is 0 Å². The predicted octanol–water partition coefficient (Wildman–Crippen LogP) is 4.16. The second-order valence-corrected chi connectivity index (χ2v) is 9.09. The summed E-state index contributed by atoms with van der Waals surface area (Å²) in [6, 6.07) is 10.3. The molecule has 0 aromatic heterocycles. The summed E-state index contributed by atoms with van der Waals surface area (Å²) < 4.78 is 6.17. The first kappa shape index (κ1) is 18.7. The maximum atomic E-state index is 13.0. The third-order valence-corrected chi connectivity index (χ3v) is 6.94. The van der Waals surface area contributed by atoms with E-state index in [1.54, 1.807) is 0 Å². The predicted molar refractivity (Wildman–Crippen MR) is 105 cm³/mol. The van der Waals surface area contributed by atoms with Gasteiger partial charge in [0.05, 0.1) is 0 Å². The van der Waals surface area contributed by atoms with Gasteiger partial charge in [-0.25, -0.2) is 0 Å². The molecule has 4 heteroatoms. The summed E-state index contributed by atoms with van der Waals surface area (Å²) in [5.74, 6) is 0.914. The lowest BCUT2D eigenvalue weighted by atomic mass is 9.64. The molecule has 3 aliphatic rings. The van der Waals surface area contributed by atoms with Crippen LogP contribution in [-0.2, 0) is 19.8 Å². The van der Waals surface area contributed by atoms with Crippen molar-refractivity contribution in [2.45, 2.75) is 70.1 Å². The topological polar surface area (TPSA) is 47.6 Å². The minimum Gasteiger partial charge on any atom is -0.461 e. The summed E-state index contributed by atoms with van der Waals surface area (Å²) in [5, 5.41) is 0. The number of allylic oxidation sites excluding steroid dienone is 1. The van der Waals surface area contributed by atoms with Crippen LogP contribution in [0, 0.1) is 17.8 Å². The number of carbonyl (C=O) groups excluding carboxylic acids is 1. The number of ether oxygens (including phenoxy) is 1. The molecule has 1 aromatic carbocycles. The van der Waals surface area contributed by atoms with Gasteiger partial charge in [0.25, 0.3) is 0 Å².